The number of benzene rings is 3. The lowest BCUT2D eigenvalue weighted by Gasteiger charge is -2.32. The highest BCUT2D eigenvalue weighted by Gasteiger charge is 2.25. The van der Waals surface area contributed by atoms with E-state index >= 15 is 0 Å². The van der Waals surface area contributed by atoms with Gasteiger partial charge in [0.05, 0.1) is 5.57 Å². The average Bonchev–Trinajstić information content (AvgIpc) is 2.90. The Labute approximate surface area is 199 Å². The third kappa shape index (κ3) is 5.44. The number of piperidine rings is 1. The number of amides is 2. The Balaban J connectivity index is 1.60. The molecular weight excluding hydrogens is 430 g/mol. The summed E-state index contributed by atoms with van der Waals surface area (Å²) in [6.07, 6.45) is 3.61. The van der Waals surface area contributed by atoms with Crippen LogP contribution in [0.5, 0.6) is 5.75 Å². The Morgan fingerprint density at radius 1 is 1.06 bits per heavy atom. The van der Waals surface area contributed by atoms with E-state index in [4.69, 9.17) is 9.94 Å². The molecule has 0 bridgehead atoms. The maximum Gasteiger partial charge on any atom is 0.274 e. The SMILES string of the molecule is CN(C(=O)/C(=C/c1ccc(C(=O)NO)cc1)COc1cccc2ccccc12)C1CCNCC1. The van der Waals surface area contributed by atoms with E-state index in [1.54, 1.807) is 35.8 Å². The van der Waals surface area contributed by atoms with Gasteiger partial charge in [-0.25, -0.2) is 5.48 Å². The fraction of sp³-hybridized carbons (Fsp3) is 0.259. The van der Waals surface area contributed by atoms with Crippen molar-refractivity contribution in [2.24, 2.45) is 0 Å². The van der Waals surface area contributed by atoms with E-state index in [1.807, 2.05) is 54.4 Å². The third-order valence-corrected chi connectivity index (χ3v) is 6.20. The van der Waals surface area contributed by atoms with Gasteiger partial charge in [-0.1, -0.05) is 48.5 Å². The molecule has 0 saturated carbocycles. The number of hydrogen-bond donors (Lipinski definition) is 3. The number of ether oxygens (including phenoxy) is 1. The quantitative estimate of drug-likeness (QED) is 0.285. The zero-order valence-electron chi connectivity index (χ0n) is 19.2. The lowest BCUT2D eigenvalue weighted by molar-refractivity contribution is -0.128. The first-order valence-electron chi connectivity index (χ1n) is 11.4. The van der Waals surface area contributed by atoms with Crippen molar-refractivity contribution in [3.8, 4) is 5.75 Å². The molecule has 7 nitrogen and oxygen atoms in total. The zero-order valence-corrected chi connectivity index (χ0v) is 19.2. The molecule has 0 aromatic heterocycles. The van der Waals surface area contributed by atoms with Gasteiger partial charge in [-0.3, -0.25) is 14.8 Å². The second-order valence-electron chi connectivity index (χ2n) is 8.40. The van der Waals surface area contributed by atoms with Crippen LogP contribution in [-0.2, 0) is 4.79 Å². The number of carbonyl (C=O) groups excluding carboxylic acids is 2. The molecule has 1 fully saturated rings. The van der Waals surface area contributed by atoms with Crippen LogP contribution in [0.3, 0.4) is 0 Å². The summed E-state index contributed by atoms with van der Waals surface area (Å²) < 4.78 is 6.17. The Morgan fingerprint density at radius 3 is 2.50 bits per heavy atom. The van der Waals surface area contributed by atoms with Gasteiger partial charge in [0.1, 0.15) is 12.4 Å². The molecule has 3 aromatic carbocycles. The molecule has 3 aromatic rings. The van der Waals surface area contributed by atoms with Gasteiger partial charge in [0, 0.05) is 24.0 Å². The van der Waals surface area contributed by atoms with Crippen LogP contribution in [-0.4, -0.2) is 54.7 Å². The lowest BCUT2D eigenvalue weighted by Crippen LogP contribution is -2.44. The number of nitrogens with zero attached hydrogens (tertiary/aromatic N) is 1. The van der Waals surface area contributed by atoms with Gasteiger partial charge in [0.25, 0.3) is 11.8 Å². The molecule has 1 aliphatic rings. The number of nitrogens with one attached hydrogen (secondary N) is 2. The predicted octanol–water partition coefficient (Wildman–Crippen LogP) is 3.63. The van der Waals surface area contributed by atoms with Gasteiger partial charge >= 0.3 is 0 Å². The third-order valence-electron chi connectivity index (χ3n) is 6.20. The number of rotatable bonds is 7. The molecule has 0 spiro atoms. The van der Waals surface area contributed by atoms with Crippen molar-refractivity contribution in [3.63, 3.8) is 0 Å². The number of hydroxylamine groups is 1. The Morgan fingerprint density at radius 2 is 1.76 bits per heavy atom. The summed E-state index contributed by atoms with van der Waals surface area (Å²) in [5.74, 6) is 0.0531. The van der Waals surface area contributed by atoms with Crippen LogP contribution >= 0.6 is 0 Å². The molecule has 0 unspecified atom stereocenters. The van der Waals surface area contributed by atoms with Gasteiger partial charge < -0.3 is 15.0 Å². The van der Waals surface area contributed by atoms with E-state index in [0.29, 0.717) is 11.1 Å². The molecule has 7 heteroatoms. The van der Waals surface area contributed by atoms with Crippen molar-refractivity contribution in [2.75, 3.05) is 26.7 Å². The van der Waals surface area contributed by atoms with Crippen LogP contribution in [0.2, 0.25) is 0 Å². The minimum Gasteiger partial charge on any atom is -0.488 e. The summed E-state index contributed by atoms with van der Waals surface area (Å²) in [7, 11) is 1.85. The van der Waals surface area contributed by atoms with Gasteiger partial charge in [0.2, 0.25) is 0 Å². The van der Waals surface area contributed by atoms with Crippen molar-refractivity contribution >= 4 is 28.7 Å². The van der Waals surface area contributed by atoms with Crippen molar-refractivity contribution in [1.82, 2.24) is 15.7 Å². The molecule has 0 aliphatic carbocycles. The molecule has 2 amide bonds. The second-order valence-corrected chi connectivity index (χ2v) is 8.40. The van der Waals surface area contributed by atoms with Crippen LogP contribution in [0, 0.1) is 0 Å². The Bertz CT molecular complexity index is 1180. The summed E-state index contributed by atoms with van der Waals surface area (Å²) >= 11 is 0. The molecule has 4 rings (SSSR count). The Kier molecular flexibility index (Phi) is 7.57. The van der Waals surface area contributed by atoms with Crippen LogP contribution in [0.15, 0.2) is 72.3 Å². The highest BCUT2D eigenvalue weighted by Crippen LogP contribution is 2.26. The summed E-state index contributed by atoms with van der Waals surface area (Å²) in [5.41, 5.74) is 3.23. The minimum absolute atomic E-state index is 0.0793. The van der Waals surface area contributed by atoms with Crippen molar-refractivity contribution in [1.29, 1.82) is 0 Å². The summed E-state index contributed by atoms with van der Waals surface area (Å²) in [4.78, 5) is 26.9. The van der Waals surface area contributed by atoms with Gasteiger partial charge in [-0.2, -0.15) is 0 Å². The predicted molar refractivity (Wildman–Crippen MR) is 132 cm³/mol. The van der Waals surface area contributed by atoms with Gasteiger partial charge in [-0.05, 0) is 61.2 Å². The molecule has 34 heavy (non-hydrogen) atoms. The number of carbonyl (C=O) groups is 2. The number of hydrogen-bond acceptors (Lipinski definition) is 5. The average molecular weight is 460 g/mol. The standard InChI is InChI=1S/C27H29N3O4/c1-30(23-13-15-28-16-14-23)27(32)22(17-19-9-11-21(12-10-19)26(31)29-33)18-34-25-8-4-6-20-5-2-3-7-24(20)25/h2-12,17,23,28,33H,13-16,18H2,1H3,(H,29,31)/b22-17+. The molecular formula is C27H29N3O4. The number of likely N-dealkylation sites (N-methyl/N-ethyl adjacent to an activating group) is 1. The zero-order chi connectivity index (χ0) is 23.9. The highest BCUT2D eigenvalue weighted by atomic mass is 16.5. The largest absolute Gasteiger partial charge is 0.488 e. The summed E-state index contributed by atoms with van der Waals surface area (Å²) in [6, 6.07) is 20.7. The summed E-state index contributed by atoms with van der Waals surface area (Å²) in [6.45, 7) is 1.89. The van der Waals surface area contributed by atoms with E-state index in [9.17, 15) is 9.59 Å². The first kappa shape index (κ1) is 23.5. The molecule has 1 heterocycles. The van der Waals surface area contributed by atoms with Crippen LogP contribution in [0.25, 0.3) is 16.8 Å². The maximum atomic E-state index is 13.5. The lowest BCUT2D eigenvalue weighted by atomic mass is 10.0. The van der Waals surface area contributed by atoms with E-state index in [-0.39, 0.29) is 18.6 Å². The summed E-state index contributed by atoms with van der Waals surface area (Å²) in [5, 5.41) is 14.2. The van der Waals surface area contributed by atoms with E-state index < -0.39 is 5.91 Å². The first-order valence-corrected chi connectivity index (χ1v) is 11.4. The van der Waals surface area contributed by atoms with E-state index in [0.717, 1.165) is 48.0 Å². The molecule has 176 valence electrons. The molecule has 3 N–H and O–H groups in total. The monoisotopic (exact) mass is 459 g/mol. The smallest absolute Gasteiger partial charge is 0.274 e. The normalized spacial score (nSPS) is 14.6. The number of fused-ring (bicyclic) bond motifs is 1. The van der Waals surface area contributed by atoms with Gasteiger partial charge in [0.15, 0.2) is 0 Å². The minimum atomic E-state index is -0.586. The van der Waals surface area contributed by atoms with E-state index in [2.05, 4.69) is 5.32 Å². The van der Waals surface area contributed by atoms with Gasteiger partial charge in [-0.15, -0.1) is 0 Å². The highest BCUT2D eigenvalue weighted by molar-refractivity contribution is 5.99. The topological polar surface area (TPSA) is 90.9 Å². The van der Waals surface area contributed by atoms with Crippen molar-refractivity contribution < 1.29 is 19.5 Å². The van der Waals surface area contributed by atoms with Crippen molar-refractivity contribution in [2.45, 2.75) is 18.9 Å². The molecule has 1 aliphatic heterocycles. The molecule has 0 atom stereocenters. The van der Waals surface area contributed by atoms with Crippen molar-refractivity contribution in [3.05, 3.63) is 83.4 Å². The fourth-order valence-corrected chi connectivity index (χ4v) is 4.22. The Hall–Kier alpha value is -3.68. The van der Waals surface area contributed by atoms with Crippen LogP contribution in [0.1, 0.15) is 28.8 Å². The maximum absolute atomic E-state index is 13.5. The second kappa shape index (κ2) is 11.0. The fourth-order valence-electron chi connectivity index (χ4n) is 4.22. The van der Waals surface area contributed by atoms with E-state index in [1.165, 1.54) is 0 Å². The van der Waals surface area contributed by atoms with Crippen LogP contribution < -0.4 is 15.5 Å². The molecule has 0 radical (unpaired) electrons. The van der Waals surface area contributed by atoms with Crippen LogP contribution in [0.4, 0.5) is 0 Å². The molecule has 1 saturated heterocycles. The first-order chi connectivity index (χ1) is 16.6.